The van der Waals surface area contributed by atoms with Crippen molar-refractivity contribution in [3.8, 4) is 0 Å². The second-order valence-corrected chi connectivity index (χ2v) is 7.41. The van der Waals surface area contributed by atoms with Gasteiger partial charge in [-0.15, -0.1) is 0 Å². The summed E-state index contributed by atoms with van der Waals surface area (Å²) in [5.74, 6) is 0.975. The van der Waals surface area contributed by atoms with Gasteiger partial charge in [0.15, 0.2) is 0 Å². The van der Waals surface area contributed by atoms with Gasteiger partial charge in [0.05, 0.1) is 11.7 Å². The molecule has 3 heterocycles. The van der Waals surface area contributed by atoms with Crippen LogP contribution in [0.2, 0.25) is 0 Å². The van der Waals surface area contributed by atoms with Crippen molar-refractivity contribution >= 4 is 16.7 Å². The summed E-state index contributed by atoms with van der Waals surface area (Å²) in [6, 6.07) is 10.5. The number of carbonyl (C=O) groups is 1. The van der Waals surface area contributed by atoms with E-state index in [2.05, 4.69) is 39.1 Å². The van der Waals surface area contributed by atoms with Crippen molar-refractivity contribution in [1.29, 1.82) is 0 Å². The molecule has 4 rings (SSSR count). The normalized spacial score (nSPS) is 16.0. The van der Waals surface area contributed by atoms with Crippen molar-refractivity contribution in [2.45, 2.75) is 38.6 Å². The van der Waals surface area contributed by atoms with E-state index in [1.165, 1.54) is 36.3 Å². The molecule has 5 nitrogen and oxygen atoms in total. The molecular formula is C22H25N3O2. The van der Waals surface area contributed by atoms with Crippen LogP contribution in [-0.2, 0) is 6.54 Å². The third-order valence-corrected chi connectivity index (χ3v) is 5.45. The summed E-state index contributed by atoms with van der Waals surface area (Å²) in [5.41, 5.74) is 2.34. The highest BCUT2D eigenvalue weighted by Gasteiger charge is 2.20. The van der Waals surface area contributed by atoms with E-state index in [9.17, 15) is 4.79 Å². The molecule has 0 atom stereocenters. The van der Waals surface area contributed by atoms with Gasteiger partial charge in [-0.05, 0) is 62.4 Å². The molecule has 1 aromatic carbocycles. The number of para-hydroxylation sites is 1. The van der Waals surface area contributed by atoms with E-state index in [0.29, 0.717) is 12.3 Å². The Morgan fingerprint density at radius 2 is 2.04 bits per heavy atom. The number of hydrogen-bond acceptors (Lipinski definition) is 5. The van der Waals surface area contributed by atoms with Crippen molar-refractivity contribution in [2.24, 2.45) is 5.92 Å². The van der Waals surface area contributed by atoms with E-state index in [1.807, 2.05) is 12.3 Å². The van der Waals surface area contributed by atoms with Crippen LogP contribution < -0.4 is 0 Å². The van der Waals surface area contributed by atoms with Gasteiger partial charge in [0, 0.05) is 24.5 Å². The highest BCUT2D eigenvalue weighted by atomic mass is 16.3. The largest absolute Gasteiger partial charge is 0.442 e. The van der Waals surface area contributed by atoms with E-state index < -0.39 is 0 Å². The quantitative estimate of drug-likeness (QED) is 0.579. The van der Waals surface area contributed by atoms with E-state index in [1.54, 1.807) is 0 Å². The molecule has 0 aliphatic carbocycles. The molecule has 0 radical (unpaired) electrons. The van der Waals surface area contributed by atoms with Crippen LogP contribution in [0.1, 0.15) is 48.4 Å². The number of carbonyl (C=O) groups excluding carboxylic acids is 1. The molecule has 0 amide bonds. The van der Waals surface area contributed by atoms with Crippen LogP contribution in [0, 0.1) is 5.92 Å². The topological polar surface area (TPSA) is 59.2 Å². The predicted octanol–water partition coefficient (Wildman–Crippen LogP) is 4.49. The number of piperidine rings is 1. The Balaban J connectivity index is 1.21. The van der Waals surface area contributed by atoms with Crippen LogP contribution >= 0.6 is 0 Å². The van der Waals surface area contributed by atoms with Crippen LogP contribution in [0.15, 0.2) is 53.4 Å². The van der Waals surface area contributed by atoms with Gasteiger partial charge in [0.1, 0.15) is 6.26 Å². The third kappa shape index (κ3) is 4.61. The minimum absolute atomic E-state index is 0.0150. The summed E-state index contributed by atoms with van der Waals surface area (Å²) in [6.45, 7) is 3.20. The standard InChI is InChI=1S/C22H25N3O2/c26-21(22-23-10-13-27-22)7-3-4-17-8-11-25(12-9-17)16-18-14-19-5-1-2-6-20(19)24-15-18/h1-2,5-6,10,13-15,17H,3-4,7-9,11-12,16H2. The number of pyridine rings is 1. The second-order valence-electron chi connectivity index (χ2n) is 7.41. The van der Waals surface area contributed by atoms with E-state index in [0.717, 1.165) is 38.0 Å². The molecule has 0 saturated carbocycles. The summed E-state index contributed by atoms with van der Waals surface area (Å²) in [6.07, 6.45) is 9.94. The maximum absolute atomic E-state index is 11.9. The first kappa shape index (κ1) is 17.9. The Morgan fingerprint density at radius 1 is 1.19 bits per heavy atom. The lowest BCUT2D eigenvalue weighted by atomic mass is 9.91. The summed E-state index contributed by atoms with van der Waals surface area (Å²) in [5, 5.41) is 1.21. The zero-order valence-electron chi connectivity index (χ0n) is 15.5. The minimum atomic E-state index is 0.0150. The Hall–Kier alpha value is -2.53. The molecule has 0 unspecified atom stereocenters. The number of benzene rings is 1. The fourth-order valence-electron chi connectivity index (χ4n) is 3.91. The zero-order chi connectivity index (χ0) is 18.5. The fraction of sp³-hybridized carbons (Fsp3) is 0.409. The van der Waals surface area contributed by atoms with Crippen LogP contribution in [0.4, 0.5) is 0 Å². The smallest absolute Gasteiger partial charge is 0.263 e. The average molecular weight is 363 g/mol. The van der Waals surface area contributed by atoms with Gasteiger partial charge in [0.25, 0.3) is 5.89 Å². The number of likely N-dealkylation sites (tertiary alicyclic amines) is 1. The lowest BCUT2D eigenvalue weighted by molar-refractivity contribution is 0.0940. The number of oxazole rings is 1. The number of hydrogen-bond donors (Lipinski definition) is 0. The highest BCUT2D eigenvalue weighted by molar-refractivity contribution is 5.91. The number of fused-ring (bicyclic) bond motifs is 1. The first-order valence-corrected chi connectivity index (χ1v) is 9.76. The average Bonchev–Trinajstić information content (AvgIpc) is 3.24. The van der Waals surface area contributed by atoms with Crippen molar-refractivity contribution in [2.75, 3.05) is 13.1 Å². The summed E-state index contributed by atoms with van der Waals surface area (Å²) >= 11 is 0. The lowest BCUT2D eigenvalue weighted by Gasteiger charge is -2.32. The molecule has 0 bridgehead atoms. The van der Waals surface area contributed by atoms with E-state index in [4.69, 9.17) is 4.42 Å². The Bertz CT molecular complexity index is 883. The summed E-state index contributed by atoms with van der Waals surface area (Å²) in [7, 11) is 0. The predicted molar refractivity (Wildman–Crippen MR) is 104 cm³/mol. The van der Waals surface area contributed by atoms with Crippen LogP contribution in [0.3, 0.4) is 0 Å². The van der Waals surface area contributed by atoms with Crippen molar-refractivity contribution < 1.29 is 9.21 Å². The Labute approximate surface area is 159 Å². The number of ketones is 1. The number of nitrogens with zero attached hydrogens (tertiary/aromatic N) is 3. The van der Waals surface area contributed by atoms with Crippen LogP contribution in [0.5, 0.6) is 0 Å². The highest BCUT2D eigenvalue weighted by Crippen LogP contribution is 2.24. The van der Waals surface area contributed by atoms with Gasteiger partial charge in [-0.3, -0.25) is 14.7 Å². The van der Waals surface area contributed by atoms with Gasteiger partial charge in [-0.2, -0.15) is 0 Å². The molecule has 1 aliphatic rings. The summed E-state index contributed by atoms with van der Waals surface area (Å²) < 4.78 is 5.06. The van der Waals surface area contributed by atoms with E-state index >= 15 is 0 Å². The molecule has 27 heavy (non-hydrogen) atoms. The molecule has 1 fully saturated rings. The SMILES string of the molecule is O=C(CCCC1CCN(Cc2cnc3ccccc3c2)CC1)c1ncco1. The second kappa shape index (κ2) is 8.44. The maximum Gasteiger partial charge on any atom is 0.263 e. The molecule has 1 aliphatic heterocycles. The van der Waals surface area contributed by atoms with Crippen LogP contribution in [-0.4, -0.2) is 33.7 Å². The Morgan fingerprint density at radius 3 is 2.85 bits per heavy atom. The third-order valence-electron chi connectivity index (χ3n) is 5.45. The molecule has 3 aromatic rings. The van der Waals surface area contributed by atoms with Gasteiger partial charge in [-0.25, -0.2) is 4.98 Å². The maximum atomic E-state index is 11.9. The van der Waals surface area contributed by atoms with E-state index in [-0.39, 0.29) is 11.7 Å². The van der Waals surface area contributed by atoms with Crippen molar-refractivity contribution in [1.82, 2.24) is 14.9 Å². The lowest BCUT2D eigenvalue weighted by Crippen LogP contribution is -2.33. The zero-order valence-corrected chi connectivity index (χ0v) is 15.5. The molecule has 0 spiro atoms. The van der Waals surface area contributed by atoms with Gasteiger partial charge >= 0.3 is 0 Å². The number of rotatable bonds is 7. The first-order valence-electron chi connectivity index (χ1n) is 9.76. The minimum Gasteiger partial charge on any atom is -0.442 e. The van der Waals surface area contributed by atoms with Crippen molar-refractivity contribution in [3.63, 3.8) is 0 Å². The number of Topliss-reactive ketones (excluding diaryl/α,β-unsaturated/α-hetero) is 1. The van der Waals surface area contributed by atoms with Gasteiger partial charge < -0.3 is 4.42 Å². The molecule has 1 saturated heterocycles. The summed E-state index contributed by atoms with van der Waals surface area (Å²) in [4.78, 5) is 22.9. The fourth-order valence-corrected chi connectivity index (χ4v) is 3.91. The van der Waals surface area contributed by atoms with Gasteiger partial charge in [-0.1, -0.05) is 18.2 Å². The Kier molecular flexibility index (Phi) is 5.58. The first-order chi connectivity index (χ1) is 13.3. The molecular weight excluding hydrogens is 338 g/mol. The number of aromatic nitrogens is 2. The van der Waals surface area contributed by atoms with Crippen molar-refractivity contribution in [3.05, 3.63) is 60.4 Å². The molecule has 140 valence electrons. The molecule has 2 aromatic heterocycles. The van der Waals surface area contributed by atoms with Gasteiger partial charge in [0.2, 0.25) is 5.78 Å². The monoisotopic (exact) mass is 363 g/mol. The molecule has 0 N–H and O–H groups in total. The van der Waals surface area contributed by atoms with Crippen LogP contribution in [0.25, 0.3) is 10.9 Å². The molecule has 5 heteroatoms.